The smallest absolute Gasteiger partial charge is 0.253 e. The molecule has 0 unspecified atom stereocenters. The van der Waals surface area contributed by atoms with Crippen LogP contribution in [0, 0.1) is 6.92 Å². The Labute approximate surface area is 211 Å². The van der Waals surface area contributed by atoms with Crippen LogP contribution in [-0.2, 0) is 12.1 Å². The third-order valence-corrected chi connectivity index (χ3v) is 7.52. The zero-order chi connectivity index (χ0) is 25.3. The largest absolute Gasteiger partial charge is 0.322 e. The van der Waals surface area contributed by atoms with Crippen LogP contribution in [0.3, 0.4) is 0 Å². The van der Waals surface area contributed by atoms with Gasteiger partial charge in [-0.25, -0.2) is 4.68 Å². The number of aromatic amines is 1. The highest BCUT2D eigenvalue weighted by Crippen LogP contribution is 2.31. The molecule has 4 aromatic rings. The van der Waals surface area contributed by atoms with E-state index >= 15 is 0 Å². The quantitative estimate of drug-likeness (QED) is 0.428. The van der Waals surface area contributed by atoms with Crippen LogP contribution in [0.4, 0.5) is 0 Å². The van der Waals surface area contributed by atoms with Gasteiger partial charge in [0.15, 0.2) is 5.82 Å². The third-order valence-electron chi connectivity index (χ3n) is 7.52. The highest BCUT2D eigenvalue weighted by atomic mass is 16.1. The summed E-state index contributed by atoms with van der Waals surface area (Å²) in [6.45, 7) is 12.9. The molecule has 8 nitrogen and oxygen atoms in total. The number of fused-ring (bicyclic) bond motifs is 1. The average molecular weight is 486 g/mol. The van der Waals surface area contributed by atoms with E-state index in [0.717, 1.165) is 61.4 Å². The number of H-pyrrole nitrogens is 1. The summed E-state index contributed by atoms with van der Waals surface area (Å²) in [6, 6.07) is 18.4. The Kier molecular flexibility index (Phi) is 6.73. The molecule has 2 aromatic carbocycles. The van der Waals surface area contributed by atoms with Gasteiger partial charge in [-0.2, -0.15) is 0 Å². The Morgan fingerprint density at radius 3 is 2.50 bits per heavy atom. The van der Waals surface area contributed by atoms with E-state index in [0.29, 0.717) is 5.56 Å². The number of nitrogens with zero attached hydrogens (tertiary/aromatic N) is 6. The lowest BCUT2D eigenvalue weighted by molar-refractivity contribution is 0.0968. The van der Waals surface area contributed by atoms with Gasteiger partial charge in [0.1, 0.15) is 6.04 Å². The maximum atomic E-state index is 13.5. The molecule has 0 radical (unpaired) electrons. The predicted octanol–water partition coefficient (Wildman–Crippen LogP) is 3.88. The molecule has 1 fully saturated rings. The summed E-state index contributed by atoms with van der Waals surface area (Å²) in [7, 11) is 0. The van der Waals surface area contributed by atoms with Crippen molar-refractivity contribution in [3.05, 3.63) is 87.5 Å². The molecule has 1 aliphatic rings. The number of hydrogen-bond acceptors (Lipinski definition) is 6. The van der Waals surface area contributed by atoms with Gasteiger partial charge in [0.05, 0.1) is 5.54 Å². The second-order valence-corrected chi connectivity index (χ2v) is 10.5. The van der Waals surface area contributed by atoms with Crippen molar-refractivity contribution in [2.75, 3.05) is 26.2 Å². The fraction of sp³-hybridized carbons (Fsp3) is 0.429. The molecule has 0 amide bonds. The van der Waals surface area contributed by atoms with Crippen LogP contribution in [0.2, 0.25) is 0 Å². The lowest BCUT2D eigenvalue weighted by Gasteiger charge is -2.39. The minimum atomic E-state index is -0.335. The van der Waals surface area contributed by atoms with Crippen LogP contribution in [0.1, 0.15) is 55.7 Å². The van der Waals surface area contributed by atoms with Gasteiger partial charge in [0.2, 0.25) is 0 Å². The molecule has 0 spiro atoms. The van der Waals surface area contributed by atoms with Gasteiger partial charge in [0.25, 0.3) is 5.56 Å². The van der Waals surface area contributed by atoms with E-state index in [2.05, 4.69) is 94.4 Å². The second kappa shape index (κ2) is 9.95. The van der Waals surface area contributed by atoms with Gasteiger partial charge >= 0.3 is 0 Å². The molecule has 5 rings (SSSR count). The summed E-state index contributed by atoms with van der Waals surface area (Å²) < 4.78 is 1.91. The molecule has 3 heterocycles. The summed E-state index contributed by atoms with van der Waals surface area (Å²) in [5, 5.41) is 14.0. The molecule has 0 bridgehead atoms. The molecular formula is C28H35N7O. The van der Waals surface area contributed by atoms with Crippen molar-refractivity contribution in [1.29, 1.82) is 0 Å². The number of aryl methyl sites for hydroxylation is 1. The SMILES string of the molecule is CCC(C)(C)n1nnnc1[C@@H](c1cc2cc(C)ccc2[nH]c1=O)N1CCN(Cc2ccccc2)CC1. The number of piperazine rings is 1. The number of pyridine rings is 1. The topological polar surface area (TPSA) is 82.9 Å². The maximum absolute atomic E-state index is 13.5. The number of rotatable bonds is 7. The predicted molar refractivity (Wildman–Crippen MR) is 142 cm³/mol. The Hall–Kier alpha value is -3.36. The normalized spacial score (nSPS) is 16.4. The summed E-state index contributed by atoms with van der Waals surface area (Å²) in [6.07, 6.45) is 0.871. The van der Waals surface area contributed by atoms with Crippen molar-refractivity contribution in [2.45, 2.75) is 52.2 Å². The van der Waals surface area contributed by atoms with Crippen molar-refractivity contribution in [3.63, 3.8) is 0 Å². The van der Waals surface area contributed by atoms with Crippen molar-refractivity contribution in [1.82, 2.24) is 35.0 Å². The van der Waals surface area contributed by atoms with Crippen LogP contribution in [0.15, 0.2) is 59.4 Å². The van der Waals surface area contributed by atoms with Gasteiger partial charge in [0, 0.05) is 43.8 Å². The van der Waals surface area contributed by atoms with Gasteiger partial charge in [-0.1, -0.05) is 48.9 Å². The number of tetrazole rings is 1. The van der Waals surface area contributed by atoms with Crippen molar-refractivity contribution in [2.24, 2.45) is 0 Å². The van der Waals surface area contributed by atoms with Crippen LogP contribution in [-0.4, -0.2) is 61.2 Å². The van der Waals surface area contributed by atoms with E-state index in [9.17, 15) is 4.79 Å². The summed E-state index contributed by atoms with van der Waals surface area (Å²) in [4.78, 5) is 21.4. The van der Waals surface area contributed by atoms with Crippen LogP contribution in [0.25, 0.3) is 10.9 Å². The standard InChI is InChI=1S/C28H35N7O/c1-5-28(3,4)35-26(30-31-32-35)25(23-18-22-17-20(2)11-12-24(22)29-27(23)36)34-15-13-33(14-16-34)19-21-9-7-6-8-10-21/h6-12,17-18,25H,5,13-16,19H2,1-4H3,(H,29,36)/t25-/m1/s1. The first-order chi connectivity index (χ1) is 17.4. The lowest BCUT2D eigenvalue weighted by Crippen LogP contribution is -2.49. The highest BCUT2D eigenvalue weighted by molar-refractivity contribution is 5.79. The van der Waals surface area contributed by atoms with Crippen LogP contribution in [0.5, 0.6) is 0 Å². The molecule has 2 aromatic heterocycles. The Balaban J connectivity index is 1.52. The maximum Gasteiger partial charge on any atom is 0.253 e. The molecule has 1 N–H and O–H groups in total. The molecule has 188 valence electrons. The summed E-state index contributed by atoms with van der Waals surface area (Å²) in [5.41, 5.74) is 3.64. The zero-order valence-corrected chi connectivity index (χ0v) is 21.6. The molecule has 0 aliphatic carbocycles. The van der Waals surface area contributed by atoms with Gasteiger partial charge in [-0.05, 0) is 66.8 Å². The first-order valence-corrected chi connectivity index (χ1v) is 12.8. The Bertz CT molecular complexity index is 1380. The van der Waals surface area contributed by atoms with E-state index < -0.39 is 0 Å². The van der Waals surface area contributed by atoms with E-state index in [-0.39, 0.29) is 17.1 Å². The Morgan fingerprint density at radius 1 is 1.03 bits per heavy atom. The fourth-order valence-corrected chi connectivity index (χ4v) is 5.01. The zero-order valence-electron chi connectivity index (χ0n) is 21.6. The molecule has 1 aliphatic heterocycles. The molecular weight excluding hydrogens is 450 g/mol. The van der Waals surface area contributed by atoms with E-state index in [1.807, 2.05) is 22.9 Å². The lowest BCUT2D eigenvalue weighted by atomic mass is 9.98. The average Bonchev–Trinajstić information content (AvgIpc) is 3.37. The fourth-order valence-electron chi connectivity index (χ4n) is 5.01. The van der Waals surface area contributed by atoms with Gasteiger partial charge in [-0.15, -0.1) is 5.10 Å². The van der Waals surface area contributed by atoms with Crippen LogP contribution < -0.4 is 5.56 Å². The van der Waals surface area contributed by atoms with Crippen molar-refractivity contribution < 1.29 is 0 Å². The molecule has 0 saturated carbocycles. The first kappa shape index (κ1) is 24.3. The molecule has 1 atom stereocenters. The first-order valence-electron chi connectivity index (χ1n) is 12.8. The summed E-state index contributed by atoms with van der Waals surface area (Å²) in [5.74, 6) is 0.718. The number of nitrogens with one attached hydrogen (secondary N) is 1. The molecule has 1 saturated heterocycles. The molecule has 8 heteroatoms. The second-order valence-electron chi connectivity index (χ2n) is 10.5. The monoisotopic (exact) mass is 485 g/mol. The van der Waals surface area contributed by atoms with E-state index in [1.165, 1.54) is 5.56 Å². The minimum absolute atomic E-state index is 0.0908. The number of hydrogen-bond donors (Lipinski definition) is 1. The summed E-state index contributed by atoms with van der Waals surface area (Å²) >= 11 is 0. The van der Waals surface area contributed by atoms with Crippen molar-refractivity contribution in [3.8, 4) is 0 Å². The molecule has 36 heavy (non-hydrogen) atoms. The van der Waals surface area contributed by atoms with E-state index in [4.69, 9.17) is 0 Å². The number of benzene rings is 2. The number of aromatic nitrogens is 5. The van der Waals surface area contributed by atoms with Crippen LogP contribution >= 0.6 is 0 Å². The van der Waals surface area contributed by atoms with Gasteiger partial charge in [-0.3, -0.25) is 14.6 Å². The van der Waals surface area contributed by atoms with Gasteiger partial charge < -0.3 is 4.98 Å². The van der Waals surface area contributed by atoms with Crippen molar-refractivity contribution >= 4 is 10.9 Å². The van der Waals surface area contributed by atoms with E-state index in [1.54, 1.807) is 0 Å². The third kappa shape index (κ3) is 4.83. The highest BCUT2D eigenvalue weighted by Gasteiger charge is 2.35. The Morgan fingerprint density at radius 2 is 1.78 bits per heavy atom. The minimum Gasteiger partial charge on any atom is -0.322 e.